The van der Waals surface area contributed by atoms with Crippen LogP contribution in [0.15, 0.2) is 5.16 Å². The van der Waals surface area contributed by atoms with E-state index >= 15 is 0 Å². The van der Waals surface area contributed by atoms with Gasteiger partial charge in [0.1, 0.15) is 0 Å². The summed E-state index contributed by atoms with van der Waals surface area (Å²) < 4.78 is 0. The van der Waals surface area contributed by atoms with Gasteiger partial charge in [0, 0.05) is 6.21 Å². The van der Waals surface area contributed by atoms with E-state index in [0.717, 1.165) is 19.3 Å². The molecule has 0 bridgehead atoms. The van der Waals surface area contributed by atoms with E-state index in [4.69, 9.17) is 10.6 Å². The summed E-state index contributed by atoms with van der Waals surface area (Å²) in [6, 6.07) is 0. The summed E-state index contributed by atoms with van der Waals surface area (Å²) in [6.45, 7) is 0. The summed E-state index contributed by atoms with van der Waals surface area (Å²) in [7, 11) is 0. The van der Waals surface area contributed by atoms with Crippen LogP contribution in [0.5, 0.6) is 0 Å². The molecular weight excluding hydrogens is 104 g/mol. The third-order valence-corrected chi connectivity index (χ3v) is 0.763. The van der Waals surface area contributed by atoms with Crippen LogP contribution < -0.4 is 0 Å². The lowest BCUT2D eigenvalue weighted by Crippen LogP contribution is -1.77. The van der Waals surface area contributed by atoms with Crippen LogP contribution in [0, 0.1) is 5.41 Å². The van der Waals surface area contributed by atoms with Crippen molar-refractivity contribution in [3.8, 4) is 0 Å². The van der Waals surface area contributed by atoms with Crippen molar-refractivity contribution in [3.05, 3.63) is 0 Å². The zero-order chi connectivity index (χ0) is 6.24. The topological polar surface area (TPSA) is 56.4 Å². The molecule has 3 heteroatoms. The van der Waals surface area contributed by atoms with Gasteiger partial charge in [-0.05, 0) is 25.5 Å². The Morgan fingerprint density at radius 1 is 1.50 bits per heavy atom. The molecule has 0 rings (SSSR count). The Bertz CT molecular complexity index is 80.5. The standard InChI is InChI=1S/C5H10N2O/c6-4-2-1-3-5-7-8/h4-6,8H,1-3H2/b6-4?,7-5+. The molecule has 0 spiro atoms. The molecule has 0 radical (unpaired) electrons. The molecule has 46 valence electrons. The summed E-state index contributed by atoms with van der Waals surface area (Å²) in [6.07, 6.45) is 5.21. The van der Waals surface area contributed by atoms with Crippen molar-refractivity contribution in [2.24, 2.45) is 5.16 Å². The first-order valence-electron chi connectivity index (χ1n) is 2.56. The molecular formula is C5H10N2O. The van der Waals surface area contributed by atoms with Gasteiger partial charge in [-0.15, -0.1) is 5.16 Å². The van der Waals surface area contributed by atoms with Crippen molar-refractivity contribution in [2.75, 3.05) is 0 Å². The molecule has 0 aromatic rings. The minimum atomic E-state index is 0.756. The third-order valence-electron chi connectivity index (χ3n) is 0.763. The molecule has 3 nitrogen and oxygen atoms in total. The smallest absolute Gasteiger partial charge is 0.0436 e. The number of nitrogens with one attached hydrogen (secondary N) is 1. The number of hydrogen-bond acceptors (Lipinski definition) is 3. The zero-order valence-electron chi connectivity index (χ0n) is 4.67. The van der Waals surface area contributed by atoms with Gasteiger partial charge in [-0.3, -0.25) is 0 Å². The van der Waals surface area contributed by atoms with Crippen LogP contribution in [-0.2, 0) is 0 Å². The van der Waals surface area contributed by atoms with Crippen LogP contribution in [0.2, 0.25) is 0 Å². The summed E-state index contributed by atoms with van der Waals surface area (Å²) in [5, 5.41) is 17.3. The highest BCUT2D eigenvalue weighted by molar-refractivity contribution is 5.58. The van der Waals surface area contributed by atoms with Crippen LogP contribution in [0.25, 0.3) is 0 Å². The molecule has 0 saturated heterocycles. The van der Waals surface area contributed by atoms with E-state index in [1.807, 2.05) is 0 Å². The third kappa shape index (κ3) is 5.14. The van der Waals surface area contributed by atoms with Crippen LogP contribution in [0.1, 0.15) is 19.3 Å². The predicted molar refractivity (Wildman–Crippen MR) is 32.9 cm³/mol. The molecule has 0 amide bonds. The van der Waals surface area contributed by atoms with Crippen molar-refractivity contribution < 1.29 is 5.21 Å². The average Bonchev–Trinajstić information content (AvgIpc) is 1.81. The predicted octanol–water partition coefficient (Wildman–Crippen LogP) is 1.27. The maximum atomic E-state index is 7.88. The first kappa shape index (κ1) is 7.14. The second-order valence-corrected chi connectivity index (χ2v) is 1.43. The molecule has 0 heterocycles. The number of hydrogen-bond donors (Lipinski definition) is 2. The molecule has 0 aliphatic rings. The fourth-order valence-electron chi connectivity index (χ4n) is 0.369. The number of unbranched alkanes of at least 4 members (excludes halogenated alkanes) is 2. The van der Waals surface area contributed by atoms with Crippen LogP contribution in [0.4, 0.5) is 0 Å². The largest absolute Gasteiger partial charge is 0.411 e. The Morgan fingerprint density at radius 3 is 2.75 bits per heavy atom. The van der Waals surface area contributed by atoms with E-state index in [2.05, 4.69) is 5.16 Å². The fraction of sp³-hybridized carbons (Fsp3) is 0.600. The first-order chi connectivity index (χ1) is 3.91. The molecule has 0 aromatic heterocycles. The maximum absolute atomic E-state index is 7.88. The van der Waals surface area contributed by atoms with Crippen LogP contribution in [0.3, 0.4) is 0 Å². The Balaban J connectivity index is 2.82. The summed E-state index contributed by atoms with van der Waals surface area (Å²) >= 11 is 0. The first-order valence-corrected chi connectivity index (χ1v) is 2.56. The minimum Gasteiger partial charge on any atom is -0.411 e. The average molecular weight is 114 g/mol. The van der Waals surface area contributed by atoms with Crippen molar-refractivity contribution in [3.63, 3.8) is 0 Å². The number of rotatable bonds is 4. The van der Waals surface area contributed by atoms with Crippen molar-refractivity contribution in [1.82, 2.24) is 0 Å². The van der Waals surface area contributed by atoms with Crippen LogP contribution >= 0.6 is 0 Å². The molecule has 0 saturated carbocycles. The lowest BCUT2D eigenvalue weighted by Gasteiger charge is -1.83. The van der Waals surface area contributed by atoms with E-state index < -0.39 is 0 Å². The van der Waals surface area contributed by atoms with Gasteiger partial charge in [-0.1, -0.05) is 0 Å². The molecule has 2 N–H and O–H groups in total. The van der Waals surface area contributed by atoms with Gasteiger partial charge in [-0.25, -0.2) is 0 Å². The van der Waals surface area contributed by atoms with E-state index in [9.17, 15) is 0 Å². The van der Waals surface area contributed by atoms with Gasteiger partial charge < -0.3 is 10.6 Å². The van der Waals surface area contributed by atoms with Gasteiger partial charge in [0.2, 0.25) is 0 Å². The molecule has 0 aliphatic carbocycles. The van der Waals surface area contributed by atoms with Gasteiger partial charge in [0.25, 0.3) is 0 Å². The molecule has 0 atom stereocenters. The monoisotopic (exact) mass is 114 g/mol. The Hall–Kier alpha value is -0.860. The Morgan fingerprint density at radius 2 is 2.25 bits per heavy atom. The lowest BCUT2D eigenvalue weighted by atomic mass is 10.3. The quantitative estimate of drug-likeness (QED) is 0.246. The van der Waals surface area contributed by atoms with Crippen molar-refractivity contribution >= 4 is 12.4 Å². The van der Waals surface area contributed by atoms with Crippen molar-refractivity contribution in [2.45, 2.75) is 19.3 Å². The molecule has 0 fully saturated rings. The molecule has 0 aromatic carbocycles. The van der Waals surface area contributed by atoms with Gasteiger partial charge in [0.05, 0.1) is 0 Å². The Labute approximate surface area is 48.5 Å². The highest BCUT2D eigenvalue weighted by Crippen LogP contribution is 1.87. The highest BCUT2D eigenvalue weighted by Gasteiger charge is 1.78. The fourth-order valence-corrected chi connectivity index (χ4v) is 0.369. The highest BCUT2D eigenvalue weighted by atomic mass is 16.4. The van der Waals surface area contributed by atoms with Gasteiger partial charge in [0.15, 0.2) is 0 Å². The van der Waals surface area contributed by atoms with Gasteiger partial charge >= 0.3 is 0 Å². The van der Waals surface area contributed by atoms with E-state index in [-0.39, 0.29) is 0 Å². The SMILES string of the molecule is N=CCCC/C=N/O. The van der Waals surface area contributed by atoms with Crippen LogP contribution in [-0.4, -0.2) is 17.6 Å². The molecule has 0 aliphatic heterocycles. The molecule has 0 unspecified atom stereocenters. The lowest BCUT2D eigenvalue weighted by molar-refractivity contribution is 0.320. The number of oxime groups is 1. The normalized spacial score (nSPS) is 10.0. The maximum Gasteiger partial charge on any atom is 0.0436 e. The minimum absolute atomic E-state index is 0.756. The Kier molecular flexibility index (Phi) is 5.48. The van der Waals surface area contributed by atoms with Crippen molar-refractivity contribution in [1.29, 1.82) is 5.41 Å². The number of nitrogens with zero attached hydrogens (tertiary/aromatic N) is 1. The van der Waals surface area contributed by atoms with E-state index in [0.29, 0.717) is 0 Å². The summed E-state index contributed by atoms with van der Waals surface area (Å²) in [5.74, 6) is 0. The van der Waals surface area contributed by atoms with Gasteiger partial charge in [-0.2, -0.15) is 0 Å². The second kappa shape index (κ2) is 6.14. The molecule has 8 heavy (non-hydrogen) atoms. The zero-order valence-corrected chi connectivity index (χ0v) is 4.67. The van der Waals surface area contributed by atoms with E-state index in [1.54, 1.807) is 0 Å². The summed E-state index contributed by atoms with van der Waals surface area (Å²) in [4.78, 5) is 0. The van der Waals surface area contributed by atoms with E-state index in [1.165, 1.54) is 12.4 Å². The second-order valence-electron chi connectivity index (χ2n) is 1.43. The summed E-state index contributed by atoms with van der Waals surface area (Å²) in [5.41, 5.74) is 0.